The summed E-state index contributed by atoms with van der Waals surface area (Å²) in [5.41, 5.74) is 8.02. The topological polar surface area (TPSA) is 110 Å². The van der Waals surface area contributed by atoms with Gasteiger partial charge in [0.05, 0.1) is 0 Å². The Bertz CT molecular complexity index is 904. The molecule has 1 heterocycles. The number of nitrogens with zero attached hydrogens (tertiary/aromatic N) is 2. The van der Waals surface area contributed by atoms with Crippen LogP contribution in [0.3, 0.4) is 0 Å². The van der Waals surface area contributed by atoms with Crippen LogP contribution >= 0.6 is 0 Å². The maximum absolute atomic E-state index is 11.8. The van der Waals surface area contributed by atoms with E-state index in [1.165, 1.54) is 6.08 Å². The van der Waals surface area contributed by atoms with Crippen molar-refractivity contribution in [2.75, 3.05) is 10.6 Å². The molecule has 1 saturated carbocycles. The van der Waals surface area contributed by atoms with Gasteiger partial charge in [0.15, 0.2) is 5.78 Å². The molecule has 3 rings (SSSR count). The zero-order chi connectivity index (χ0) is 20.8. The number of anilines is 3. The van der Waals surface area contributed by atoms with Crippen molar-refractivity contribution in [3.63, 3.8) is 0 Å². The van der Waals surface area contributed by atoms with Crippen LogP contribution in [0.5, 0.6) is 0 Å². The van der Waals surface area contributed by atoms with Gasteiger partial charge in [-0.05, 0) is 50.3 Å². The van der Waals surface area contributed by atoms with Crippen molar-refractivity contribution in [1.82, 2.24) is 9.97 Å². The van der Waals surface area contributed by atoms with Gasteiger partial charge in [-0.3, -0.25) is 9.59 Å². The maximum atomic E-state index is 11.8. The molecule has 0 atom stereocenters. The average molecular weight is 393 g/mol. The number of aromatic nitrogens is 2. The number of ketones is 1. The number of allylic oxidation sites excluding steroid dienone is 1. The van der Waals surface area contributed by atoms with Crippen LogP contribution in [0.1, 0.15) is 36.8 Å². The quantitative estimate of drug-likeness (QED) is 0.594. The third-order valence-corrected chi connectivity index (χ3v) is 5.30. The first-order chi connectivity index (χ1) is 14.0. The second-order valence-electron chi connectivity index (χ2n) is 7.45. The van der Waals surface area contributed by atoms with E-state index in [1.54, 1.807) is 6.20 Å². The lowest BCUT2D eigenvalue weighted by molar-refractivity contribution is -0.122. The number of primary amides is 1. The van der Waals surface area contributed by atoms with Gasteiger partial charge in [-0.1, -0.05) is 24.8 Å². The highest BCUT2D eigenvalue weighted by Gasteiger charge is 2.25. The summed E-state index contributed by atoms with van der Waals surface area (Å²) < 4.78 is 0. The standard InChI is InChI=1S/C22H27N5O2/c1-3-18(28)12-16-6-4-5-7-19(16)26-21-14(2)13-24-22(27-21)25-17-10-8-15(9-11-17)20(23)29/h3-7,13,15,17H,1,8-12H2,2H3,(H2,23,29)(H2,24,25,26,27). The molecule has 0 radical (unpaired) electrons. The van der Waals surface area contributed by atoms with Gasteiger partial charge in [0.2, 0.25) is 11.9 Å². The molecule has 0 spiro atoms. The summed E-state index contributed by atoms with van der Waals surface area (Å²) in [5.74, 6) is 0.953. The van der Waals surface area contributed by atoms with E-state index in [0.717, 1.165) is 42.5 Å². The molecule has 29 heavy (non-hydrogen) atoms. The number of hydrogen-bond donors (Lipinski definition) is 3. The van der Waals surface area contributed by atoms with Crippen molar-refractivity contribution in [3.8, 4) is 0 Å². The molecule has 1 aliphatic rings. The summed E-state index contributed by atoms with van der Waals surface area (Å²) in [4.78, 5) is 32.1. The zero-order valence-corrected chi connectivity index (χ0v) is 16.6. The van der Waals surface area contributed by atoms with Gasteiger partial charge in [-0.2, -0.15) is 4.98 Å². The van der Waals surface area contributed by atoms with E-state index in [9.17, 15) is 9.59 Å². The zero-order valence-electron chi connectivity index (χ0n) is 16.6. The number of para-hydroxylation sites is 1. The molecule has 1 aromatic carbocycles. The third-order valence-electron chi connectivity index (χ3n) is 5.30. The molecule has 2 aromatic rings. The Morgan fingerprint density at radius 3 is 2.66 bits per heavy atom. The lowest BCUT2D eigenvalue weighted by Crippen LogP contribution is -2.32. The largest absolute Gasteiger partial charge is 0.369 e. The summed E-state index contributed by atoms with van der Waals surface area (Å²) in [6, 6.07) is 7.87. The van der Waals surface area contributed by atoms with Crippen LogP contribution in [0.25, 0.3) is 0 Å². The van der Waals surface area contributed by atoms with Crippen molar-refractivity contribution in [2.45, 2.75) is 45.1 Å². The molecular weight excluding hydrogens is 366 g/mol. The minimum Gasteiger partial charge on any atom is -0.369 e. The van der Waals surface area contributed by atoms with Gasteiger partial charge in [-0.25, -0.2) is 4.98 Å². The average Bonchev–Trinajstić information content (AvgIpc) is 2.72. The number of benzene rings is 1. The number of amides is 1. The monoisotopic (exact) mass is 393 g/mol. The van der Waals surface area contributed by atoms with Gasteiger partial charge in [0.1, 0.15) is 5.82 Å². The normalized spacial score (nSPS) is 18.7. The smallest absolute Gasteiger partial charge is 0.224 e. The van der Waals surface area contributed by atoms with Crippen molar-refractivity contribution in [3.05, 3.63) is 54.2 Å². The molecule has 7 heteroatoms. The minimum atomic E-state index is -0.213. The van der Waals surface area contributed by atoms with Crippen molar-refractivity contribution >= 4 is 29.1 Å². The number of carbonyl (C=O) groups is 2. The van der Waals surface area contributed by atoms with Crippen molar-refractivity contribution in [1.29, 1.82) is 0 Å². The van der Waals surface area contributed by atoms with Gasteiger partial charge in [0.25, 0.3) is 0 Å². The Balaban J connectivity index is 1.71. The van der Waals surface area contributed by atoms with E-state index in [2.05, 4.69) is 27.2 Å². The van der Waals surface area contributed by atoms with Crippen molar-refractivity contribution < 1.29 is 9.59 Å². The van der Waals surface area contributed by atoms with Crippen molar-refractivity contribution in [2.24, 2.45) is 11.7 Å². The summed E-state index contributed by atoms with van der Waals surface area (Å²) in [7, 11) is 0. The molecule has 152 valence electrons. The molecule has 0 unspecified atom stereocenters. The molecule has 1 amide bonds. The number of rotatable bonds is 8. The fourth-order valence-electron chi connectivity index (χ4n) is 3.53. The molecule has 0 bridgehead atoms. The van der Waals surface area contributed by atoms with Gasteiger partial charge < -0.3 is 16.4 Å². The number of carbonyl (C=O) groups excluding carboxylic acids is 2. The molecule has 1 fully saturated rings. The SMILES string of the molecule is C=CC(=O)Cc1ccccc1Nc1nc(NC2CCC(C(N)=O)CC2)ncc1C. The first-order valence-electron chi connectivity index (χ1n) is 9.86. The highest BCUT2D eigenvalue weighted by atomic mass is 16.1. The van der Waals surface area contributed by atoms with Gasteiger partial charge >= 0.3 is 0 Å². The van der Waals surface area contributed by atoms with E-state index < -0.39 is 0 Å². The Morgan fingerprint density at radius 1 is 1.24 bits per heavy atom. The maximum Gasteiger partial charge on any atom is 0.224 e. The fourth-order valence-corrected chi connectivity index (χ4v) is 3.53. The van der Waals surface area contributed by atoms with E-state index in [0.29, 0.717) is 11.8 Å². The molecule has 7 nitrogen and oxygen atoms in total. The Kier molecular flexibility index (Phi) is 6.59. The molecule has 1 aliphatic carbocycles. The second-order valence-corrected chi connectivity index (χ2v) is 7.45. The predicted molar refractivity (Wildman–Crippen MR) is 114 cm³/mol. The first-order valence-corrected chi connectivity index (χ1v) is 9.86. The van der Waals surface area contributed by atoms with E-state index in [-0.39, 0.29) is 30.1 Å². The van der Waals surface area contributed by atoms with Crippen LogP contribution < -0.4 is 16.4 Å². The minimum absolute atomic E-state index is 0.0287. The fraction of sp³-hybridized carbons (Fsp3) is 0.364. The van der Waals surface area contributed by atoms with Crippen LogP contribution in [0.4, 0.5) is 17.5 Å². The molecule has 0 aliphatic heterocycles. The lowest BCUT2D eigenvalue weighted by Gasteiger charge is -2.27. The Morgan fingerprint density at radius 2 is 1.97 bits per heavy atom. The number of aryl methyl sites for hydroxylation is 1. The molecular formula is C22H27N5O2. The van der Waals surface area contributed by atoms with Crippen LogP contribution in [-0.4, -0.2) is 27.7 Å². The van der Waals surface area contributed by atoms with Crippen LogP contribution in [0.2, 0.25) is 0 Å². The number of hydrogen-bond acceptors (Lipinski definition) is 6. The van der Waals surface area contributed by atoms with E-state index in [4.69, 9.17) is 5.73 Å². The summed E-state index contributed by atoms with van der Waals surface area (Å²) >= 11 is 0. The molecule has 1 aromatic heterocycles. The third kappa shape index (κ3) is 5.40. The lowest BCUT2D eigenvalue weighted by atomic mass is 9.86. The number of nitrogens with two attached hydrogens (primary N) is 1. The van der Waals surface area contributed by atoms with Crippen LogP contribution in [-0.2, 0) is 16.0 Å². The van der Waals surface area contributed by atoms with Crippen LogP contribution in [0, 0.1) is 12.8 Å². The highest BCUT2D eigenvalue weighted by Crippen LogP contribution is 2.27. The van der Waals surface area contributed by atoms with E-state index in [1.807, 2.05) is 31.2 Å². The van der Waals surface area contributed by atoms with Crippen LogP contribution in [0.15, 0.2) is 43.1 Å². The first kappa shape index (κ1) is 20.5. The highest BCUT2D eigenvalue weighted by molar-refractivity contribution is 5.92. The van der Waals surface area contributed by atoms with Gasteiger partial charge in [0, 0.05) is 35.8 Å². The summed E-state index contributed by atoms with van der Waals surface area (Å²) in [6.45, 7) is 5.47. The number of nitrogens with one attached hydrogen (secondary N) is 2. The predicted octanol–water partition coefficient (Wildman–Crippen LogP) is 3.28. The summed E-state index contributed by atoms with van der Waals surface area (Å²) in [6.07, 6.45) is 6.68. The summed E-state index contributed by atoms with van der Waals surface area (Å²) in [5, 5.41) is 6.70. The Hall–Kier alpha value is -3.22. The second kappa shape index (κ2) is 9.32. The van der Waals surface area contributed by atoms with Gasteiger partial charge in [-0.15, -0.1) is 0 Å². The molecule has 0 saturated heterocycles. The Labute approximate surface area is 170 Å². The molecule has 4 N–H and O–H groups in total. The van der Waals surface area contributed by atoms with E-state index >= 15 is 0 Å².